The molecular formula is C19H21NO2. The summed E-state index contributed by atoms with van der Waals surface area (Å²) in [6.45, 7) is 3.49. The second-order valence-electron chi connectivity index (χ2n) is 6.03. The summed E-state index contributed by atoms with van der Waals surface area (Å²) in [5.41, 5.74) is 3.09. The molecule has 0 radical (unpaired) electrons. The molecule has 1 amide bonds. The van der Waals surface area contributed by atoms with Gasteiger partial charge in [-0.1, -0.05) is 42.5 Å². The molecule has 3 nitrogen and oxygen atoms in total. The first-order valence-corrected chi connectivity index (χ1v) is 7.74. The number of phenolic OH excluding ortho intramolecular Hbond substituents is 1. The Hall–Kier alpha value is -2.29. The lowest BCUT2D eigenvalue weighted by atomic mass is 9.99. The van der Waals surface area contributed by atoms with Crippen LogP contribution in [0.25, 0.3) is 0 Å². The van der Waals surface area contributed by atoms with Gasteiger partial charge in [-0.15, -0.1) is 0 Å². The van der Waals surface area contributed by atoms with Crippen LogP contribution in [-0.2, 0) is 11.2 Å². The number of hydrogen-bond donors (Lipinski definition) is 1. The van der Waals surface area contributed by atoms with E-state index in [0.717, 1.165) is 30.6 Å². The summed E-state index contributed by atoms with van der Waals surface area (Å²) in [5.74, 6) is 0.900. The van der Waals surface area contributed by atoms with Gasteiger partial charge >= 0.3 is 0 Å². The minimum Gasteiger partial charge on any atom is -0.508 e. The monoisotopic (exact) mass is 295 g/mol. The van der Waals surface area contributed by atoms with Crippen LogP contribution >= 0.6 is 0 Å². The minimum absolute atomic E-state index is 0.170. The number of aromatic hydroxyl groups is 1. The van der Waals surface area contributed by atoms with Gasteiger partial charge < -0.3 is 10.0 Å². The number of carbonyl (C=O) groups excluding carboxylic acids is 1. The van der Waals surface area contributed by atoms with Crippen LogP contribution in [0.4, 0.5) is 0 Å². The van der Waals surface area contributed by atoms with Crippen molar-refractivity contribution in [3.63, 3.8) is 0 Å². The molecule has 3 heteroatoms. The van der Waals surface area contributed by atoms with Crippen LogP contribution in [0.5, 0.6) is 5.75 Å². The van der Waals surface area contributed by atoms with Crippen LogP contribution in [0.2, 0.25) is 0 Å². The number of likely N-dealkylation sites (tertiary alicyclic amines) is 1. The number of amides is 1. The fraction of sp³-hybridized carbons (Fsp3) is 0.316. The molecule has 1 heterocycles. The van der Waals surface area contributed by atoms with Gasteiger partial charge in [-0.2, -0.15) is 0 Å². The Balaban J connectivity index is 1.63. The quantitative estimate of drug-likeness (QED) is 0.944. The van der Waals surface area contributed by atoms with Gasteiger partial charge in [-0.25, -0.2) is 0 Å². The number of phenols is 1. The molecule has 1 saturated heterocycles. The Morgan fingerprint density at radius 2 is 2.00 bits per heavy atom. The molecule has 3 rings (SSSR count). The maximum Gasteiger partial charge on any atom is 0.227 e. The Bertz CT molecular complexity index is 666. The third kappa shape index (κ3) is 3.14. The van der Waals surface area contributed by atoms with E-state index in [-0.39, 0.29) is 11.7 Å². The summed E-state index contributed by atoms with van der Waals surface area (Å²) in [5, 5.41) is 9.55. The normalized spacial score (nSPS) is 17.7. The minimum atomic E-state index is 0.170. The molecule has 2 aromatic rings. The number of carbonyl (C=O) groups is 1. The zero-order valence-electron chi connectivity index (χ0n) is 12.8. The van der Waals surface area contributed by atoms with Crippen LogP contribution in [0.3, 0.4) is 0 Å². The van der Waals surface area contributed by atoms with E-state index < -0.39 is 0 Å². The Morgan fingerprint density at radius 1 is 1.23 bits per heavy atom. The van der Waals surface area contributed by atoms with Crippen molar-refractivity contribution in [2.45, 2.75) is 25.7 Å². The molecule has 2 aromatic carbocycles. The first-order valence-electron chi connectivity index (χ1n) is 7.74. The van der Waals surface area contributed by atoms with Gasteiger partial charge in [0, 0.05) is 19.0 Å². The van der Waals surface area contributed by atoms with Crippen molar-refractivity contribution in [2.24, 2.45) is 0 Å². The molecule has 1 aliphatic heterocycles. The maximum atomic E-state index is 12.5. The van der Waals surface area contributed by atoms with Crippen molar-refractivity contribution in [3.05, 3.63) is 65.2 Å². The highest BCUT2D eigenvalue weighted by molar-refractivity contribution is 5.79. The summed E-state index contributed by atoms with van der Waals surface area (Å²) in [6, 6.07) is 15.8. The smallest absolute Gasteiger partial charge is 0.227 e. The Kier molecular flexibility index (Phi) is 4.14. The van der Waals surface area contributed by atoms with Crippen LogP contribution in [-0.4, -0.2) is 29.0 Å². The van der Waals surface area contributed by atoms with Gasteiger partial charge in [-0.05, 0) is 36.1 Å². The second-order valence-corrected chi connectivity index (χ2v) is 6.03. The molecule has 0 saturated carbocycles. The number of rotatable bonds is 3. The van der Waals surface area contributed by atoms with Crippen molar-refractivity contribution in [1.29, 1.82) is 0 Å². The Labute approximate surface area is 131 Å². The average molecular weight is 295 g/mol. The van der Waals surface area contributed by atoms with Gasteiger partial charge in [0.25, 0.3) is 0 Å². The van der Waals surface area contributed by atoms with Crippen LogP contribution in [0, 0.1) is 6.92 Å². The third-order valence-corrected chi connectivity index (χ3v) is 4.43. The average Bonchev–Trinajstić information content (AvgIpc) is 3.02. The Morgan fingerprint density at radius 3 is 2.73 bits per heavy atom. The van der Waals surface area contributed by atoms with Crippen LogP contribution in [0.15, 0.2) is 48.5 Å². The van der Waals surface area contributed by atoms with Crippen molar-refractivity contribution in [3.8, 4) is 5.75 Å². The van der Waals surface area contributed by atoms with E-state index in [1.807, 2.05) is 30.0 Å². The van der Waals surface area contributed by atoms with Gasteiger partial charge in [-0.3, -0.25) is 4.79 Å². The number of aryl methyl sites for hydroxylation is 1. The van der Waals surface area contributed by atoms with Gasteiger partial charge in [0.2, 0.25) is 5.91 Å². The summed E-state index contributed by atoms with van der Waals surface area (Å²) < 4.78 is 0. The molecule has 0 spiro atoms. The SMILES string of the molecule is Cc1cc(CC(=O)N2CCC(c3ccccc3)C2)ccc1O. The largest absolute Gasteiger partial charge is 0.508 e. The molecule has 1 N–H and O–H groups in total. The van der Waals surface area contributed by atoms with Crippen molar-refractivity contribution in [1.82, 2.24) is 4.90 Å². The number of benzene rings is 2. The van der Waals surface area contributed by atoms with E-state index in [2.05, 4.69) is 24.3 Å². The highest BCUT2D eigenvalue weighted by Crippen LogP contribution is 2.27. The zero-order valence-corrected chi connectivity index (χ0v) is 12.8. The van der Waals surface area contributed by atoms with Gasteiger partial charge in [0.1, 0.15) is 5.75 Å². The molecule has 1 unspecified atom stereocenters. The van der Waals surface area contributed by atoms with E-state index in [1.165, 1.54) is 5.56 Å². The summed E-state index contributed by atoms with van der Waals surface area (Å²) in [7, 11) is 0. The molecule has 22 heavy (non-hydrogen) atoms. The van der Waals surface area contributed by atoms with E-state index in [0.29, 0.717) is 12.3 Å². The number of nitrogens with zero attached hydrogens (tertiary/aromatic N) is 1. The fourth-order valence-corrected chi connectivity index (χ4v) is 3.10. The van der Waals surface area contributed by atoms with Gasteiger partial charge in [0.05, 0.1) is 6.42 Å². The van der Waals surface area contributed by atoms with E-state index in [9.17, 15) is 9.90 Å². The first kappa shape index (κ1) is 14.6. The molecular weight excluding hydrogens is 274 g/mol. The topological polar surface area (TPSA) is 40.5 Å². The lowest BCUT2D eigenvalue weighted by molar-refractivity contribution is -0.129. The maximum absolute atomic E-state index is 12.5. The summed E-state index contributed by atoms with van der Waals surface area (Å²) >= 11 is 0. The molecule has 1 aliphatic rings. The lowest BCUT2D eigenvalue weighted by Crippen LogP contribution is -2.29. The number of hydrogen-bond acceptors (Lipinski definition) is 2. The third-order valence-electron chi connectivity index (χ3n) is 4.43. The van der Waals surface area contributed by atoms with Crippen LogP contribution < -0.4 is 0 Å². The van der Waals surface area contributed by atoms with Gasteiger partial charge in [0.15, 0.2) is 0 Å². The molecule has 1 atom stereocenters. The summed E-state index contributed by atoms with van der Waals surface area (Å²) in [6.07, 6.45) is 1.44. The standard InChI is InChI=1S/C19H21NO2/c1-14-11-15(7-8-18(14)21)12-19(22)20-10-9-17(13-20)16-5-3-2-4-6-16/h2-8,11,17,21H,9-10,12-13H2,1H3. The molecule has 1 fully saturated rings. The van der Waals surface area contributed by atoms with Crippen molar-refractivity contribution < 1.29 is 9.90 Å². The highest BCUT2D eigenvalue weighted by atomic mass is 16.3. The van der Waals surface area contributed by atoms with E-state index in [4.69, 9.17) is 0 Å². The fourth-order valence-electron chi connectivity index (χ4n) is 3.10. The predicted octanol–water partition coefficient (Wildman–Crippen LogP) is 3.26. The van der Waals surface area contributed by atoms with Crippen molar-refractivity contribution in [2.75, 3.05) is 13.1 Å². The molecule has 0 bridgehead atoms. The molecule has 0 aliphatic carbocycles. The van der Waals surface area contributed by atoms with E-state index in [1.54, 1.807) is 6.07 Å². The second kappa shape index (κ2) is 6.22. The zero-order chi connectivity index (χ0) is 15.5. The molecule has 114 valence electrons. The van der Waals surface area contributed by atoms with Crippen LogP contribution in [0.1, 0.15) is 29.0 Å². The summed E-state index contributed by atoms with van der Waals surface area (Å²) in [4.78, 5) is 14.4. The highest BCUT2D eigenvalue weighted by Gasteiger charge is 2.27. The first-order chi connectivity index (χ1) is 10.6. The van der Waals surface area contributed by atoms with Crippen molar-refractivity contribution >= 4 is 5.91 Å². The molecule has 0 aromatic heterocycles. The van der Waals surface area contributed by atoms with E-state index >= 15 is 0 Å². The predicted molar refractivity (Wildman–Crippen MR) is 86.9 cm³/mol. The lowest BCUT2D eigenvalue weighted by Gasteiger charge is -2.17.